The van der Waals surface area contributed by atoms with Crippen molar-refractivity contribution < 1.29 is 0 Å². The van der Waals surface area contributed by atoms with Gasteiger partial charge in [0.05, 0.1) is 11.4 Å². The minimum atomic E-state index is 1.13. The van der Waals surface area contributed by atoms with Crippen LogP contribution in [0.15, 0.2) is 10.8 Å². The smallest absolute Gasteiger partial charge is 0.152 e. The molecule has 2 heterocycles. The van der Waals surface area contributed by atoms with Crippen LogP contribution in [-0.4, -0.2) is 9.97 Å². The van der Waals surface area contributed by atoms with E-state index >= 15 is 0 Å². The van der Waals surface area contributed by atoms with E-state index in [1.165, 1.54) is 243 Å². The lowest BCUT2D eigenvalue weighted by atomic mass is 10.0. The normalized spacial score (nSPS) is 11.6. The van der Waals surface area contributed by atoms with Crippen molar-refractivity contribution in [2.24, 2.45) is 0 Å². The van der Waals surface area contributed by atoms with Crippen LogP contribution in [0.2, 0.25) is 0 Å². The summed E-state index contributed by atoms with van der Waals surface area (Å²) < 4.78 is 0. The summed E-state index contributed by atoms with van der Waals surface area (Å²) in [6, 6.07) is 0. The number of hydrogen-bond acceptors (Lipinski definition) is 4. The minimum absolute atomic E-state index is 1.13. The average Bonchev–Trinajstić information content (AvgIpc) is 3.81. The summed E-state index contributed by atoms with van der Waals surface area (Å²) in [7, 11) is 0. The molecule has 0 saturated heterocycles. The highest BCUT2D eigenvalue weighted by Crippen LogP contribution is 2.28. The predicted octanol–water partition coefficient (Wildman–Crippen LogP) is 17.4. The van der Waals surface area contributed by atoms with Gasteiger partial charge in [-0.3, -0.25) is 0 Å². The predicted molar refractivity (Wildman–Crippen MR) is 228 cm³/mol. The first-order chi connectivity index (χ1) is 24.8. The molecule has 0 fully saturated rings. The van der Waals surface area contributed by atoms with Crippen molar-refractivity contribution in [3.8, 4) is 10.0 Å². The zero-order valence-electron chi connectivity index (χ0n) is 33.7. The average molecular weight is 729 g/mol. The lowest BCUT2D eigenvalue weighted by molar-refractivity contribution is 0.525. The van der Waals surface area contributed by atoms with Gasteiger partial charge in [-0.05, 0) is 25.7 Å². The quantitative estimate of drug-likeness (QED) is 0.0641. The van der Waals surface area contributed by atoms with Crippen molar-refractivity contribution in [2.45, 2.75) is 258 Å². The molecule has 4 heteroatoms. The van der Waals surface area contributed by atoms with Gasteiger partial charge in [0.1, 0.15) is 0 Å². The third-order valence-corrected chi connectivity index (χ3v) is 12.8. The van der Waals surface area contributed by atoms with Crippen LogP contribution >= 0.6 is 22.7 Å². The fourth-order valence-electron chi connectivity index (χ4n) is 7.46. The zero-order chi connectivity index (χ0) is 35.4. The van der Waals surface area contributed by atoms with Crippen molar-refractivity contribution >= 4 is 22.7 Å². The van der Waals surface area contributed by atoms with E-state index in [-0.39, 0.29) is 0 Å². The van der Waals surface area contributed by atoms with Crippen LogP contribution in [0, 0.1) is 0 Å². The van der Waals surface area contributed by atoms with E-state index in [1.807, 2.05) is 0 Å². The zero-order valence-corrected chi connectivity index (χ0v) is 35.4. The van der Waals surface area contributed by atoms with Gasteiger partial charge in [-0.25, -0.2) is 9.97 Å². The number of thiazole rings is 2. The van der Waals surface area contributed by atoms with Gasteiger partial charge in [0.15, 0.2) is 10.0 Å². The monoisotopic (exact) mass is 729 g/mol. The van der Waals surface area contributed by atoms with Gasteiger partial charge >= 0.3 is 0 Å². The molecule has 0 atom stereocenters. The maximum Gasteiger partial charge on any atom is 0.152 e. The van der Waals surface area contributed by atoms with Gasteiger partial charge in [-0.2, -0.15) is 0 Å². The van der Waals surface area contributed by atoms with Gasteiger partial charge in [-0.1, -0.05) is 232 Å². The maximum atomic E-state index is 4.96. The first-order valence-electron chi connectivity index (χ1n) is 22.7. The molecule has 0 aliphatic heterocycles. The molecule has 0 aliphatic rings. The fourth-order valence-corrected chi connectivity index (χ4v) is 9.21. The molecule has 0 spiro atoms. The molecule has 0 N–H and O–H groups in total. The number of hydrogen-bond donors (Lipinski definition) is 0. The molecule has 290 valence electrons. The Labute approximate surface area is 321 Å². The van der Waals surface area contributed by atoms with Crippen molar-refractivity contribution in [3.05, 3.63) is 22.1 Å². The molecule has 2 nitrogen and oxygen atoms in total. The number of aromatic nitrogens is 2. The third kappa shape index (κ3) is 26.9. The van der Waals surface area contributed by atoms with E-state index in [0.29, 0.717) is 0 Å². The molecule has 0 radical (unpaired) electrons. The van der Waals surface area contributed by atoms with Crippen molar-refractivity contribution in [2.75, 3.05) is 0 Å². The molecule has 0 bridgehead atoms. The maximum absolute atomic E-state index is 4.96. The largest absolute Gasteiger partial charge is 0.239 e. The van der Waals surface area contributed by atoms with Gasteiger partial charge in [0, 0.05) is 10.8 Å². The Balaban J connectivity index is 1.34. The van der Waals surface area contributed by atoms with E-state index in [9.17, 15) is 0 Å². The Morgan fingerprint density at radius 3 is 0.720 bits per heavy atom. The number of nitrogens with zero attached hydrogens (tertiary/aromatic N) is 2. The van der Waals surface area contributed by atoms with Crippen LogP contribution in [-0.2, 0) is 12.8 Å². The molecule has 0 saturated carbocycles. The minimum Gasteiger partial charge on any atom is -0.239 e. The second kappa shape index (κ2) is 35.3. The van der Waals surface area contributed by atoms with Crippen LogP contribution in [0.3, 0.4) is 0 Å². The Kier molecular flexibility index (Phi) is 32.1. The molecule has 50 heavy (non-hydrogen) atoms. The highest BCUT2D eigenvalue weighted by atomic mass is 32.1. The Bertz CT molecular complexity index is 873. The third-order valence-electron chi connectivity index (χ3n) is 10.9. The number of unbranched alkanes of at least 4 members (excludes halogenated alkanes) is 34. The number of aryl methyl sites for hydroxylation is 2. The molecule has 0 aromatic carbocycles. The second-order valence-corrected chi connectivity index (χ2v) is 17.5. The van der Waals surface area contributed by atoms with Crippen LogP contribution < -0.4 is 0 Å². The van der Waals surface area contributed by atoms with Crippen LogP contribution in [0.25, 0.3) is 10.0 Å². The van der Waals surface area contributed by atoms with Gasteiger partial charge in [0.2, 0.25) is 0 Å². The van der Waals surface area contributed by atoms with Gasteiger partial charge in [-0.15, -0.1) is 22.7 Å². The van der Waals surface area contributed by atoms with Crippen LogP contribution in [0.1, 0.15) is 256 Å². The van der Waals surface area contributed by atoms with Crippen molar-refractivity contribution in [1.29, 1.82) is 0 Å². The number of rotatable bonds is 39. The van der Waals surface area contributed by atoms with E-state index in [2.05, 4.69) is 24.6 Å². The summed E-state index contributed by atoms with van der Waals surface area (Å²) in [4.78, 5) is 9.92. The molecular weight excluding hydrogens is 645 g/mol. The fraction of sp³-hybridized carbons (Fsp3) is 0.870. The van der Waals surface area contributed by atoms with E-state index in [4.69, 9.17) is 9.97 Å². The van der Waals surface area contributed by atoms with E-state index in [0.717, 1.165) is 22.9 Å². The van der Waals surface area contributed by atoms with Gasteiger partial charge in [0.25, 0.3) is 0 Å². The van der Waals surface area contributed by atoms with E-state index in [1.54, 1.807) is 22.7 Å². The Hall–Kier alpha value is -0.740. The highest BCUT2D eigenvalue weighted by molar-refractivity contribution is 7.19. The summed E-state index contributed by atoms with van der Waals surface area (Å²) in [5.74, 6) is 0. The molecule has 0 unspecified atom stereocenters. The summed E-state index contributed by atoms with van der Waals surface area (Å²) in [5.41, 5.74) is 2.56. The van der Waals surface area contributed by atoms with E-state index < -0.39 is 0 Å². The standard InChI is InChI=1S/C46H84N2S2/c1-3-5-7-9-11-13-15-17-19-21-23-25-27-29-31-33-35-37-39-43-41-49-45(47-43)46-48-44(42-50-46)40-38-36-34-32-30-28-26-24-22-20-18-16-14-12-10-8-6-4-2/h41-42H,3-40H2,1-2H3. The van der Waals surface area contributed by atoms with Crippen LogP contribution in [0.5, 0.6) is 0 Å². The Morgan fingerprint density at radius 1 is 0.300 bits per heavy atom. The molecule has 0 aliphatic carbocycles. The summed E-state index contributed by atoms with van der Waals surface area (Å²) in [6.45, 7) is 4.61. The Morgan fingerprint density at radius 2 is 0.500 bits per heavy atom. The molecule has 0 amide bonds. The first-order valence-corrected chi connectivity index (χ1v) is 24.5. The second-order valence-electron chi connectivity index (χ2n) is 15.8. The topological polar surface area (TPSA) is 25.8 Å². The summed E-state index contributed by atoms with van der Waals surface area (Å²) in [5, 5.41) is 6.83. The summed E-state index contributed by atoms with van der Waals surface area (Å²) in [6.07, 6.45) is 53.8. The van der Waals surface area contributed by atoms with Crippen molar-refractivity contribution in [3.63, 3.8) is 0 Å². The summed E-state index contributed by atoms with van der Waals surface area (Å²) >= 11 is 3.59. The lowest BCUT2D eigenvalue weighted by Crippen LogP contribution is -1.89. The lowest BCUT2D eigenvalue weighted by Gasteiger charge is -2.04. The molecular formula is C46H84N2S2. The van der Waals surface area contributed by atoms with Crippen LogP contribution in [0.4, 0.5) is 0 Å². The van der Waals surface area contributed by atoms with Crippen molar-refractivity contribution in [1.82, 2.24) is 9.97 Å². The van der Waals surface area contributed by atoms with Gasteiger partial charge < -0.3 is 0 Å². The highest BCUT2D eigenvalue weighted by Gasteiger charge is 2.10. The molecule has 2 aromatic rings. The molecule has 2 rings (SSSR count). The SMILES string of the molecule is CCCCCCCCCCCCCCCCCCCCc1csc(-c2nc(CCCCCCCCCCCCCCCCCCCC)cs2)n1. The molecule has 2 aromatic heterocycles. The first kappa shape index (κ1) is 45.4.